The lowest BCUT2D eigenvalue weighted by Gasteiger charge is -2.51. The summed E-state index contributed by atoms with van der Waals surface area (Å²) >= 11 is 0. The van der Waals surface area contributed by atoms with Crippen LogP contribution in [-0.4, -0.2) is 64.1 Å². The number of carbonyl (C=O) groups is 4. The van der Waals surface area contributed by atoms with E-state index in [-0.39, 0.29) is 29.5 Å². The first-order valence-electron chi connectivity index (χ1n) is 9.95. The highest BCUT2D eigenvalue weighted by molar-refractivity contribution is 6.32. The number of amides is 1. The highest BCUT2D eigenvalue weighted by Gasteiger charge is 2.65. The van der Waals surface area contributed by atoms with Gasteiger partial charge in [0.1, 0.15) is 11.6 Å². The highest BCUT2D eigenvalue weighted by Crippen LogP contribution is 2.50. The molecule has 0 radical (unpaired) electrons. The quantitative estimate of drug-likeness (QED) is 0.445. The predicted octanol–water partition coefficient (Wildman–Crippen LogP) is 0.0556. The molecule has 1 aromatic carbocycles. The minimum absolute atomic E-state index is 0.00443. The van der Waals surface area contributed by atoms with Crippen LogP contribution in [0.5, 0.6) is 5.75 Å². The Morgan fingerprint density at radius 3 is 2.52 bits per heavy atom. The third-order valence-corrected chi connectivity index (χ3v) is 6.96. The molecule has 3 aliphatic carbocycles. The first-order valence-corrected chi connectivity index (χ1v) is 9.95. The zero-order valence-electron chi connectivity index (χ0n) is 17.3. The number of aryl methyl sites for hydroxylation is 1. The molecule has 4 rings (SSSR count). The smallest absolute Gasteiger partial charge is 0.252 e. The van der Waals surface area contributed by atoms with Gasteiger partial charge in [-0.3, -0.25) is 19.2 Å². The van der Waals surface area contributed by atoms with E-state index in [9.17, 15) is 33.8 Å². The Kier molecular flexibility index (Phi) is 4.68. The van der Waals surface area contributed by atoms with Gasteiger partial charge in [-0.25, -0.2) is 4.39 Å². The number of phenolic OH excluding ortho intramolecular Hbond substituents is 1. The molecule has 1 amide bonds. The zero-order chi connectivity index (χ0) is 23.0. The normalized spacial score (nSPS) is 32.3. The number of fused-ring (bicyclic) bond motifs is 3. The van der Waals surface area contributed by atoms with Crippen LogP contribution in [0.25, 0.3) is 0 Å². The molecule has 31 heavy (non-hydrogen) atoms. The van der Waals surface area contributed by atoms with Crippen LogP contribution in [0.4, 0.5) is 4.39 Å². The summed E-state index contributed by atoms with van der Waals surface area (Å²) in [6, 6.07) is 0.458. The van der Waals surface area contributed by atoms with Crippen molar-refractivity contribution < 1.29 is 33.8 Å². The van der Waals surface area contributed by atoms with Crippen LogP contribution in [-0.2, 0) is 20.8 Å². The Morgan fingerprint density at radius 2 is 1.94 bits per heavy atom. The fourth-order valence-electron chi connectivity index (χ4n) is 5.43. The summed E-state index contributed by atoms with van der Waals surface area (Å²) in [6.07, 6.45) is 1.42. The largest absolute Gasteiger partial charge is 0.507 e. The number of aliphatic hydroxyl groups is 1. The first-order chi connectivity index (χ1) is 14.4. The van der Waals surface area contributed by atoms with Gasteiger partial charge in [-0.1, -0.05) is 6.08 Å². The maximum Gasteiger partial charge on any atom is 0.252 e. The molecule has 0 heterocycles. The Bertz CT molecular complexity index is 1090. The molecule has 1 aromatic rings. The molecule has 9 heteroatoms. The van der Waals surface area contributed by atoms with Crippen molar-refractivity contribution in [3.05, 3.63) is 40.2 Å². The monoisotopic (exact) mass is 430 g/mol. The van der Waals surface area contributed by atoms with E-state index in [1.165, 1.54) is 13.0 Å². The van der Waals surface area contributed by atoms with Gasteiger partial charge in [0.2, 0.25) is 5.78 Å². The second kappa shape index (κ2) is 6.80. The van der Waals surface area contributed by atoms with Crippen molar-refractivity contribution >= 4 is 23.3 Å². The van der Waals surface area contributed by atoms with Crippen molar-refractivity contribution in [1.82, 2.24) is 4.90 Å². The van der Waals surface area contributed by atoms with Crippen molar-refractivity contribution in [2.24, 2.45) is 23.5 Å². The second-order valence-electron chi connectivity index (χ2n) is 8.88. The number of halogens is 1. The Morgan fingerprint density at radius 1 is 1.29 bits per heavy atom. The number of carbonyl (C=O) groups excluding carboxylic acids is 4. The number of phenols is 1. The number of nitrogens with two attached hydrogens (primary N) is 1. The molecule has 3 aliphatic rings. The lowest BCUT2D eigenvalue weighted by Crippen LogP contribution is -2.68. The van der Waals surface area contributed by atoms with Crippen LogP contribution in [0.1, 0.15) is 27.9 Å². The van der Waals surface area contributed by atoms with Gasteiger partial charge in [0, 0.05) is 17.5 Å². The third kappa shape index (κ3) is 2.73. The fourth-order valence-corrected chi connectivity index (χ4v) is 5.43. The molecule has 5 atom stereocenters. The van der Waals surface area contributed by atoms with Crippen LogP contribution >= 0.6 is 0 Å². The van der Waals surface area contributed by atoms with Gasteiger partial charge in [-0.15, -0.1) is 0 Å². The van der Waals surface area contributed by atoms with Gasteiger partial charge in [-0.05, 0) is 51.4 Å². The summed E-state index contributed by atoms with van der Waals surface area (Å²) < 4.78 is 14.6. The van der Waals surface area contributed by atoms with Crippen LogP contribution in [0.2, 0.25) is 0 Å². The lowest BCUT2D eigenvalue weighted by molar-refractivity contribution is -0.168. The molecular weight excluding hydrogens is 407 g/mol. The third-order valence-electron chi connectivity index (χ3n) is 6.96. The Balaban J connectivity index is 1.89. The Labute approximate surface area is 177 Å². The Hall–Kier alpha value is -2.91. The van der Waals surface area contributed by atoms with Crippen LogP contribution < -0.4 is 5.73 Å². The number of rotatable bonds is 2. The van der Waals surface area contributed by atoms with E-state index in [1.54, 1.807) is 19.0 Å². The average molecular weight is 430 g/mol. The maximum absolute atomic E-state index is 14.6. The number of hydrogen-bond donors (Lipinski definition) is 3. The molecule has 0 aromatic heterocycles. The van der Waals surface area contributed by atoms with Crippen LogP contribution in [0.3, 0.4) is 0 Å². The molecule has 1 fully saturated rings. The van der Waals surface area contributed by atoms with Crippen molar-refractivity contribution in [3.8, 4) is 5.75 Å². The minimum Gasteiger partial charge on any atom is -0.507 e. The number of hydrogen-bond acceptors (Lipinski definition) is 7. The van der Waals surface area contributed by atoms with Gasteiger partial charge < -0.3 is 20.8 Å². The summed E-state index contributed by atoms with van der Waals surface area (Å²) in [5, 5.41) is 21.8. The number of benzene rings is 1. The van der Waals surface area contributed by atoms with Gasteiger partial charge in [-0.2, -0.15) is 0 Å². The summed E-state index contributed by atoms with van der Waals surface area (Å²) in [7, 11) is 3.32. The van der Waals surface area contributed by atoms with Crippen LogP contribution in [0, 0.1) is 30.5 Å². The lowest BCUT2D eigenvalue weighted by atomic mass is 9.54. The molecule has 0 saturated heterocycles. The predicted molar refractivity (Wildman–Crippen MR) is 106 cm³/mol. The van der Waals surface area contributed by atoms with Gasteiger partial charge in [0.05, 0.1) is 17.1 Å². The number of ketones is 3. The highest BCUT2D eigenvalue weighted by atomic mass is 19.1. The van der Waals surface area contributed by atoms with E-state index >= 15 is 0 Å². The van der Waals surface area contributed by atoms with E-state index < -0.39 is 69.8 Å². The maximum atomic E-state index is 14.6. The molecule has 4 N–H and O–H groups in total. The summed E-state index contributed by atoms with van der Waals surface area (Å²) in [4.78, 5) is 53.3. The molecule has 0 bridgehead atoms. The minimum atomic E-state index is -2.61. The zero-order valence-corrected chi connectivity index (χ0v) is 17.3. The van der Waals surface area contributed by atoms with Crippen molar-refractivity contribution in [3.63, 3.8) is 0 Å². The number of nitrogens with zero attached hydrogens (tertiary/aromatic N) is 1. The van der Waals surface area contributed by atoms with Gasteiger partial charge in [0.15, 0.2) is 17.2 Å². The summed E-state index contributed by atoms with van der Waals surface area (Å²) in [6.45, 7) is 1.43. The number of likely N-dealkylation sites (N-methyl/N-ethyl adjacent to an activating group) is 1. The summed E-state index contributed by atoms with van der Waals surface area (Å²) in [5.41, 5.74) is 2.10. The second-order valence-corrected chi connectivity index (χ2v) is 8.88. The number of Topliss-reactive ketones (excluding diaryl/α,β-unsaturated/α-hetero) is 3. The van der Waals surface area contributed by atoms with Crippen molar-refractivity contribution in [2.75, 3.05) is 14.1 Å². The van der Waals surface area contributed by atoms with Crippen molar-refractivity contribution in [2.45, 2.75) is 31.4 Å². The van der Waals surface area contributed by atoms with Crippen LogP contribution in [0.15, 0.2) is 17.7 Å². The number of primary amides is 1. The van der Waals surface area contributed by atoms with E-state index in [0.717, 1.165) is 6.07 Å². The van der Waals surface area contributed by atoms with E-state index in [2.05, 4.69) is 0 Å². The van der Waals surface area contributed by atoms with Gasteiger partial charge in [0.25, 0.3) is 5.91 Å². The molecular formula is C22H23FN2O6. The summed E-state index contributed by atoms with van der Waals surface area (Å²) in [5.74, 6) is -8.15. The topological polar surface area (TPSA) is 138 Å². The molecule has 1 unspecified atom stereocenters. The first kappa shape index (κ1) is 21.3. The molecule has 164 valence electrons. The molecule has 1 saturated carbocycles. The van der Waals surface area contributed by atoms with E-state index in [4.69, 9.17) is 5.73 Å². The van der Waals surface area contributed by atoms with Crippen molar-refractivity contribution in [1.29, 1.82) is 0 Å². The average Bonchev–Trinajstić information content (AvgIpc) is 2.68. The van der Waals surface area contributed by atoms with E-state index in [0.29, 0.717) is 0 Å². The SMILES string of the molecule is Cc1cc(F)c2c(c1O)C(=O)C1C(=O)[C@]3(O)C(=O)C(C(N)=O)=C[C@@H](N(C)C)[C@@H]3C[C@@H]1C2. The number of aromatic hydroxyl groups is 1. The molecule has 0 spiro atoms. The van der Waals surface area contributed by atoms with E-state index in [1.807, 2.05) is 0 Å². The van der Waals surface area contributed by atoms with Gasteiger partial charge >= 0.3 is 0 Å². The standard InChI is InChI=1S/C22H23FN2O6/c1-8-4-13(23)10-5-9-6-12-14(25(2)3)7-11(21(24)30)19(28)22(12,31)20(29)15(9)18(27)16(10)17(8)26/h4,7,9,12,14-15,26,31H,5-6H2,1-3H3,(H2,24,30)/t9-,12-,14+,15?,22+/m0/s1. The fraction of sp³-hybridized carbons (Fsp3) is 0.455. The molecule has 8 nitrogen and oxygen atoms in total. The molecule has 0 aliphatic heterocycles.